The number of anilines is 1. The summed E-state index contributed by atoms with van der Waals surface area (Å²) >= 11 is 5.32. The predicted octanol–water partition coefficient (Wildman–Crippen LogP) is 3.52. The van der Waals surface area contributed by atoms with Gasteiger partial charge in [-0.1, -0.05) is 12.1 Å². The molecule has 0 atom stereocenters. The first kappa shape index (κ1) is 17.9. The number of aromatic nitrogens is 5. The maximum atomic E-state index is 12.4. The van der Waals surface area contributed by atoms with Crippen molar-refractivity contribution in [2.24, 2.45) is 0 Å². The summed E-state index contributed by atoms with van der Waals surface area (Å²) in [4.78, 5) is 19.8. The highest BCUT2D eigenvalue weighted by Gasteiger charge is 2.12. The van der Waals surface area contributed by atoms with Crippen LogP contribution in [-0.4, -0.2) is 37.7 Å². The van der Waals surface area contributed by atoms with Crippen LogP contribution in [0.4, 0.5) is 5.95 Å². The minimum absolute atomic E-state index is 0.164. The van der Waals surface area contributed by atoms with Gasteiger partial charge in [0.15, 0.2) is 10.6 Å². The van der Waals surface area contributed by atoms with Crippen molar-refractivity contribution in [3.05, 3.63) is 53.3 Å². The molecule has 142 valence electrons. The Balaban J connectivity index is 1.46. The van der Waals surface area contributed by atoms with Crippen LogP contribution in [0, 0.1) is 4.77 Å². The zero-order valence-electron chi connectivity index (χ0n) is 15.1. The predicted molar refractivity (Wildman–Crippen MR) is 109 cm³/mol. The minimum atomic E-state index is -0.164. The van der Waals surface area contributed by atoms with Crippen LogP contribution in [-0.2, 0) is 11.3 Å². The van der Waals surface area contributed by atoms with E-state index in [4.69, 9.17) is 17.0 Å². The summed E-state index contributed by atoms with van der Waals surface area (Å²) in [7, 11) is 1.62. The van der Waals surface area contributed by atoms with Gasteiger partial charge in [-0.15, -0.1) is 0 Å². The molecule has 1 amide bonds. The Hall–Kier alpha value is -3.46. The molecular formula is C19H18N6O2S. The number of amides is 1. The number of carbonyl (C=O) groups is 1. The molecule has 0 fully saturated rings. The van der Waals surface area contributed by atoms with E-state index in [1.165, 1.54) is 0 Å². The number of hydrogen-bond donors (Lipinski definition) is 3. The lowest BCUT2D eigenvalue weighted by Crippen LogP contribution is -2.15. The average Bonchev–Trinajstić information content (AvgIpc) is 3.29. The smallest absolute Gasteiger partial charge is 0.228 e. The fourth-order valence-corrected chi connectivity index (χ4v) is 3.13. The minimum Gasteiger partial charge on any atom is -0.497 e. The molecule has 0 aliphatic rings. The van der Waals surface area contributed by atoms with Gasteiger partial charge in [0, 0.05) is 18.5 Å². The van der Waals surface area contributed by atoms with E-state index in [0.717, 1.165) is 22.3 Å². The number of carbonyl (C=O) groups excluding carboxylic acids is 1. The molecule has 2 aromatic heterocycles. The number of methoxy groups -OCH3 is 1. The SMILES string of the molecule is COc1ccc(-c2n[nH]c(=S)n2CCC(=O)Nc2nc3ccccc3[nH]2)cc1. The molecule has 0 aliphatic heterocycles. The quantitative estimate of drug-likeness (QED) is 0.435. The first-order valence-electron chi connectivity index (χ1n) is 8.68. The van der Waals surface area contributed by atoms with Crippen LogP contribution in [0.15, 0.2) is 48.5 Å². The second-order valence-corrected chi connectivity index (χ2v) is 6.52. The maximum Gasteiger partial charge on any atom is 0.228 e. The van der Waals surface area contributed by atoms with Crippen molar-refractivity contribution in [3.8, 4) is 17.1 Å². The zero-order chi connectivity index (χ0) is 19.5. The van der Waals surface area contributed by atoms with Crippen molar-refractivity contribution < 1.29 is 9.53 Å². The topological polar surface area (TPSA) is 101 Å². The van der Waals surface area contributed by atoms with E-state index in [9.17, 15) is 4.79 Å². The molecule has 9 heteroatoms. The van der Waals surface area contributed by atoms with Crippen molar-refractivity contribution in [2.75, 3.05) is 12.4 Å². The number of fused-ring (bicyclic) bond motifs is 1. The summed E-state index contributed by atoms with van der Waals surface area (Å²) in [5.41, 5.74) is 2.55. The van der Waals surface area contributed by atoms with Crippen LogP contribution in [0.3, 0.4) is 0 Å². The molecule has 0 radical (unpaired) electrons. The second-order valence-electron chi connectivity index (χ2n) is 6.13. The number of hydrogen-bond acceptors (Lipinski definition) is 5. The molecule has 0 saturated heterocycles. The highest BCUT2D eigenvalue weighted by atomic mass is 32.1. The normalized spacial score (nSPS) is 10.9. The molecular weight excluding hydrogens is 376 g/mol. The van der Waals surface area contributed by atoms with Gasteiger partial charge in [-0.25, -0.2) is 4.98 Å². The number of ether oxygens (including phenoxy) is 1. The number of rotatable bonds is 6. The zero-order valence-corrected chi connectivity index (χ0v) is 15.9. The number of aromatic amines is 2. The summed E-state index contributed by atoms with van der Waals surface area (Å²) < 4.78 is 7.44. The van der Waals surface area contributed by atoms with Crippen LogP contribution in [0.2, 0.25) is 0 Å². The third-order valence-corrected chi connectivity index (χ3v) is 4.63. The molecule has 0 spiro atoms. The van der Waals surface area contributed by atoms with Gasteiger partial charge in [0.25, 0.3) is 0 Å². The lowest BCUT2D eigenvalue weighted by Gasteiger charge is -2.07. The highest BCUT2D eigenvalue weighted by molar-refractivity contribution is 7.71. The molecule has 0 saturated carbocycles. The Morgan fingerprint density at radius 2 is 2.00 bits per heavy atom. The van der Waals surface area contributed by atoms with Gasteiger partial charge in [0.2, 0.25) is 11.9 Å². The van der Waals surface area contributed by atoms with Gasteiger partial charge in [-0.2, -0.15) is 5.10 Å². The largest absolute Gasteiger partial charge is 0.497 e. The number of imidazole rings is 1. The summed E-state index contributed by atoms with van der Waals surface area (Å²) in [6.07, 6.45) is 0.230. The second kappa shape index (κ2) is 7.65. The highest BCUT2D eigenvalue weighted by Crippen LogP contribution is 2.21. The van der Waals surface area contributed by atoms with Crippen molar-refractivity contribution in [3.63, 3.8) is 0 Å². The molecule has 8 nitrogen and oxygen atoms in total. The molecule has 0 aliphatic carbocycles. The third-order valence-electron chi connectivity index (χ3n) is 4.32. The van der Waals surface area contributed by atoms with Crippen LogP contribution < -0.4 is 10.1 Å². The van der Waals surface area contributed by atoms with Crippen LogP contribution in [0.5, 0.6) is 5.75 Å². The molecule has 2 heterocycles. The van der Waals surface area contributed by atoms with E-state index >= 15 is 0 Å². The first-order chi connectivity index (χ1) is 13.6. The summed E-state index contributed by atoms with van der Waals surface area (Å²) in [6.45, 7) is 0.392. The third kappa shape index (κ3) is 3.65. The first-order valence-corrected chi connectivity index (χ1v) is 9.09. The average molecular weight is 394 g/mol. The fraction of sp³-hybridized carbons (Fsp3) is 0.158. The monoisotopic (exact) mass is 394 g/mol. The van der Waals surface area contributed by atoms with Crippen molar-refractivity contribution in [1.29, 1.82) is 0 Å². The fourth-order valence-electron chi connectivity index (χ4n) is 2.91. The Morgan fingerprint density at radius 3 is 2.75 bits per heavy atom. The summed E-state index contributed by atoms with van der Waals surface area (Å²) in [6, 6.07) is 15.1. The van der Waals surface area contributed by atoms with Gasteiger partial charge in [0.1, 0.15) is 5.75 Å². The number of benzene rings is 2. The van der Waals surface area contributed by atoms with E-state index in [2.05, 4.69) is 25.5 Å². The van der Waals surface area contributed by atoms with Gasteiger partial charge < -0.3 is 9.72 Å². The molecule has 3 N–H and O–H groups in total. The van der Waals surface area contributed by atoms with Crippen molar-refractivity contribution in [1.82, 2.24) is 24.7 Å². The van der Waals surface area contributed by atoms with Gasteiger partial charge in [-0.05, 0) is 48.6 Å². The molecule has 0 unspecified atom stereocenters. The Morgan fingerprint density at radius 1 is 1.21 bits per heavy atom. The molecule has 28 heavy (non-hydrogen) atoms. The van der Waals surface area contributed by atoms with Crippen molar-refractivity contribution in [2.45, 2.75) is 13.0 Å². The lowest BCUT2D eigenvalue weighted by molar-refractivity contribution is -0.116. The van der Waals surface area contributed by atoms with Gasteiger partial charge in [-0.3, -0.25) is 19.8 Å². The molecule has 4 aromatic rings. The number of nitrogens with one attached hydrogen (secondary N) is 3. The van der Waals surface area contributed by atoms with E-state index < -0.39 is 0 Å². The van der Waals surface area contributed by atoms with Gasteiger partial charge >= 0.3 is 0 Å². The van der Waals surface area contributed by atoms with Crippen LogP contribution >= 0.6 is 12.2 Å². The number of nitrogens with zero attached hydrogens (tertiary/aromatic N) is 3. The van der Waals surface area contributed by atoms with E-state index in [1.807, 2.05) is 48.5 Å². The number of para-hydroxylation sites is 2. The molecule has 0 bridgehead atoms. The molecule has 4 rings (SSSR count). The number of H-pyrrole nitrogens is 2. The van der Waals surface area contributed by atoms with E-state index in [-0.39, 0.29) is 12.3 Å². The van der Waals surface area contributed by atoms with Gasteiger partial charge in [0.05, 0.1) is 18.1 Å². The lowest BCUT2D eigenvalue weighted by atomic mass is 10.2. The Bertz CT molecular complexity index is 1140. The maximum absolute atomic E-state index is 12.4. The van der Waals surface area contributed by atoms with Crippen LogP contribution in [0.25, 0.3) is 22.4 Å². The standard InChI is InChI=1S/C19H18N6O2S/c1-27-13-8-6-12(7-9-13)17-23-24-19(28)25(17)11-10-16(26)22-18-20-14-4-2-3-5-15(14)21-18/h2-9H,10-11H2,1H3,(H,24,28)(H2,20,21,22,26). The van der Waals surface area contributed by atoms with E-state index in [1.54, 1.807) is 11.7 Å². The van der Waals surface area contributed by atoms with Crippen molar-refractivity contribution >= 4 is 35.1 Å². The van der Waals surface area contributed by atoms with Crippen LogP contribution in [0.1, 0.15) is 6.42 Å². The summed E-state index contributed by atoms with van der Waals surface area (Å²) in [5.74, 6) is 1.69. The molecule has 2 aromatic carbocycles. The Kier molecular flexibility index (Phi) is 4.90. The summed E-state index contributed by atoms with van der Waals surface area (Å²) in [5, 5.41) is 9.86. The van der Waals surface area contributed by atoms with E-state index in [0.29, 0.717) is 23.1 Å². The Labute approximate surface area is 165 Å².